The Kier molecular flexibility index (Phi) is 10.9. The number of methoxy groups -OCH3 is 2. The summed E-state index contributed by atoms with van der Waals surface area (Å²) < 4.78 is 16.7. The second kappa shape index (κ2) is 13.4. The van der Waals surface area contributed by atoms with Crippen LogP contribution < -0.4 is 14.8 Å². The van der Waals surface area contributed by atoms with Gasteiger partial charge in [0.25, 0.3) is 0 Å². The van der Waals surface area contributed by atoms with Gasteiger partial charge in [0.05, 0.1) is 34.0 Å². The van der Waals surface area contributed by atoms with Gasteiger partial charge in [-0.15, -0.1) is 24.0 Å². The van der Waals surface area contributed by atoms with Gasteiger partial charge in [-0.1, -0.05) is 36.4 Å². The molecule has 3 rings (SSSR count). The number of likely N-dealkylation sites (tertiary alicyclic amines) is 1. The maximum absolute atomic E-state index is 5.96. The quantitative estimate of drug-likeness (QED) is 0.292. The fourth-order valence-electron chi connectivity index (χ4n) is 3.65. The number of hydrogen-bond acceptors (Lipinski definition) is 4. The van der Waals surface area contributed by atoms with Crippen LogP contribution in [0.5, 0.6) is 11.5 Å². The van der Waals surface area contributed by atoms with Crippen LogP contribution in [0.15, 0.2) is 53.5 Å². The van der Waals surface area contributed by atoms with E-state index in [0.717, 1.165) is 55.7 Å². The summed E-state index contributed by atoms with van der Waals surface area (Å²) in [7, 11) is 3.30. The first kappa shape index (κ1) is 25.3. The number of hydrogen-bond donors (Lipinski definition) is 1. The normalized spacial score (nSPS) is 16.0. The van der Waals surface area contributed by atoms with Crippen LogP contribution in [-0.2, 0) is 17.9 Å². The molecule has 1 heterocycles. The molecule has 1 N–H and O–H groups in total. The molecule has 2 aromatic rings. The Morgan fingerprint density at radius 3 is 2.55 bits per heavy atom. The van der Waals surface area contributed by atoms with Gasteiger partial charge in [0.2, 0.25) is 0 Å². The minimum Gasteiger partial charge on any atom is -0.493 e. The molecule has 1 aliphatic rings. The molecule has 1 atom stereocenters. The molecule has 0 saturated carbocycles. The molecule has 2 aromatic carbocycles. The third kappa shape index (κ3) is 7.57. The first-order chi connectivity index (χ1) is 14.7. The zero-order valence-electron chi connectivity index (χ0n) is 18.7. The number of rotatable bonds is 9. The van der Waals surface area contributed by atoms with E-state index in [1.165, 1.54) is 5.56 Å². The largest absolute Gasteiger partial charge is 0.493 e. The van der Waals surface area contributed by atoms with E-state index in [4.69, 9.17) is 19.2 Å². The van der Waals surface area contributed by atoms with Gasteiger partial charge in [0.15, 0.2) is 17.5 Å². The number of benzene rings is 2. The summed E-state index contributed by atoms with van der Waals surface area (Å²) in [5.41, 5.74) is 2.31. The highest BCUT2D eigenvalue weighted by Crippen LogP contribution is 2.28. The van der Waals surface area contributed by atoms with Crippen LogP contribution in [0, 0.1) is 5.92 Å². The Bertz CT molecular complexity index is 817. The van der Waals surface area contributed by atoms with E-state index >= 15 is 0 Å². The van der Waals surface area contributed by atoms with Crippen LogP contribution in [0.3, 0.4) is 0 Å². The number of ether oxygens (including phenoxy) is 3. The summed E-state index contributed by atoms with van der Waals surface area (Å²) in [6.45, 7) is 6.95. The van der Waals surface area contributed by atoms with Gasteiger partial charge >= 0.3 is 0 Å². The van der Waals surface area contributed by atoms with Crippen molar-refractivity contribution in [2.75, 3.05) is 40.5 Å². The van der Waals surface area contributed by atoms with Crippen molar-refractivity contribution < 1.29 is 14.2 Å². The van der Waals surface area contributed by atoms with Crippen LogP contribution in [0.4, 0.5) is 0 Å². The molecular weight excluding hydrogens is 505 g/mol. The lowest BCUT2D eigenvalue weighted by Gasteiger charge is -2.22. The summed E-state index contributed by atoms with van der Waals surface area (Å²) in [6.07, 6.45) is 1.12. The molecule has 1 fully saturated rings. The van der Waals surface area contributed by atoms with Crippen molar-refractivity contribution in [3.8, 4) is 11.5 Å². The molecule has 0 radical (unpaired) electrons. The fourth-order valence-corrected chi connectivity index (χ4v) is 3.65. The van der Waals surface area contributed by atoms with Gasteiger partial charge < -0.3 is 24.4 Å². The van der Waals surface area contributed by atoms with E-state index in [2.05, 4.69) is 29.3 Å². The highest BCUT2D eigenvalue weighted by molar-refractivity contribution is 14.0. The minimum absolute atomic E-state index is 0. The monoisotopic (exact) mass is 539 g/mol. The molecule has 0 bridgehead atoms. The molecule has 0 spiro atoms. The highest BCUT2D eigenvalue weighted by atomic mass is 127. The maximum atomic E-state index is 5.96. The summed E-state index contributed by atoms with van der Waals surface area (Å²) in [5, 5.41) is 3.43. The van der Waals surface area contributed by atoms with Crippen LogP contribution in [0.25, 0.3) is 0 Å². The minimum atomic E-state index is 0. The van der Waals surface area contributed by atoms with Crippen molar-refractivity contribution in [2.24, 2.45) is 10.9 Å². The Morgan fingerprint density at radius 1 is 1.06 bits per heavy atom. The van der Waals surface area contributed by atoms with Crippen LogP contribution in [0.1, 0.15) is 24.5 Å². The molecule has 1 saturated heterocycles. The van der Waals surface area contributed by atoms with Gasteiger partial charge in [0.1, 0.15) is 0 Å². The molecule has 31 heavy (non-hydrogen) atoms. The van der Waals surface area contributed by atoms with Crippen LogP contribution >= 0.6 is 24.0 Å². The van der Waals surface area contributed by atoms with Crippen molar-refractivity contribution in [3.63, 3.8) is 0 Å². The van der Waals surface area contributed by atoms with E-state index in [1.807, 2.05) is 36.4 Å². The fraction of sp³-hybridized carbons (Fsp3) is 0.458. The van der Waals surface area contributed by atoms with E-state index in [0.29, 0.717) is 19.1 Å². The Morgan fingerprint density at radius 2 is 1.84 bits per heavy atom. The molecule has 0 amide bonds. The predicted octanol–water partition coefficient (Wildman–Crippen LogP) is 4.33. The number of guanidine groups is 1. The summed E-state index contributed by atoms with van der Waals surface area (Å²) in [6, 6.07) is 16.3. The van der Waals surface area contributed by atoms with Crippen molar-refractivity contribution in [1.82, 2.24) is 10.2 Å². The van der Waals surface area contributed by atoms with Crippen molar-refractivity contribution in [1.29, 1.82) is 0 Å². The maximum Gasteiger partial charge on any atom is 0.194 e. The molecule has 1 aliphatic heterocycles. The molecule has 6 nitrogen and oxygen atoms in total. The molecule has 1 unspecified atom stereocenters. The van der Waals surface area contributed by atoms with Crippen molar-refractivity contribution >= 4 is 29.9 Å². The first-order valence-corrected chi connectivity index (χ1v) is 10.6. The summed E-state index contributed by atoms with van der Waals surface area (Å²) >= 11 is 0. The Balaban J connectivity index is 0.00000341. The van der Waals surface area contributed by atoms with Crippen LogP contribution in [0.2, 0.25) is 0 Å². The summed E-state index contributed by atoms with van der Waals surface area (Å²) in [5.74, 6) is 2.94. The smallest absolute Gasteiger partial charge is 0.194 e. The third-order valence-electron chi connectivity index (χ3n) is 5.24. The number of halogens is 1. The van der Waals surface area contributed by atoms with Gasteiger partial charge in [-0.3, -0.25) is 0 Å². The van der Waals surface area contributed by atoms with Crippen molar-refractivity contribution in [3.05, 3.63) is 59.7 Å². The number of nitrogens with zero attached hydrogens (tertiary/aromatic N) is 2. The lowest BCUT2D eigenvalue weighted by molar-refractivity contribution is 0.0906. The third-order valence-corrected chi connectivity index (χ3v) is 5.24. The zero-order valence-corrected chi connectivity index (χ0v) is 21.0. The van der Waals surface area contributed by atoms with Gasteiger partial charge in [0, 0.05) is 25.6 Å². The van der Waals surface area contributed by atoms with Gasteiger partial charge in [-0.25, -0.2) is 4.99 Å². The first-order valence-electron chi connectivity index (χ1n) is 10.6. The molecular formula is C24H34IN3O3. The summed E-state index contributed by atoms with van der Waals surface area (Å²) in [4.78, 5) is 7.19. The standard InChI is InChI=1S/C24H33N3O3.HI/c1-4-25-24(26-15-20-10-11-22(28-2)23(14-20)29-3)27-13-12-21(16-27)18-30-17-19-8-6-5-7-9-19;/h5-11,14,21H,4,12-13,15-18H2,1-3H3,(H,25,26);1H. The van der Waals surface area contributed by atoms with Gasteiger partial charge in [-0.05, 0) is 36.6 Å². The van der Waals surface area contributed by atoms with E-state index in [1.54, 1.807) is 14.2 Å². The van der Waals surface area contributed by atoms with E-state index < -0.39 is 0 Å². The zero-order chi connectivity index (χ0) is 21.2. The second-order valence-electron chi connectivity index (χ2n) is 7.46. The molecule has 0 aromatic heterocycles. The topological polar surface area (TPSA) is 55.3 Å². The van der Waals surface area contributed by atoms with Gasteiger partial charge in [-0.2, -0.15) is 0 Å². The molecule has 7 heteroatoms. The predicted molar refractivity (Wildman–Crippen MR) is 136 cm³/mol. The van der Waals surface area contributed by atoms with Crippen molar-refractivity contribution in [2.45, 2.75) is 26.5 Å². The lowest BCUT2D eigenvalue weighted by Crippen LogP contribution is -2.40. The SMILES string of the molecule is CCNC(=NCc1ccc(OC)c(OC)c1)N1CCC(COCc2ccccc2)C1.I. The van der Waals surface area contributed by atoms with E-state index in [-0.39, 0.29) is 24.0 Å². The second-order valence-corrected chi connectivity index (χ2v) is 7.46. The molecule has 0 aliphatic carbocycles. The Hall–Kier alpha value is -2.00. The lowest BCUT2D eigenvalue weighted by atomic mass is 10.1. The van der Waals surface area contributed by atoms with Crippen LogP contribution in [-0.4, -0.2) is 51.3 Å². The number of aliphatic imine (C=N–C) groups is 1. The Labute approximate surface area is 203 Å². The molecule has 170 valence electrons. The average Bonchev–Trinajstić information content (AvgIpc) is 3.26. The highest BCUT2D eigenvalue weighted by Gasteiger charge is 2.25. The average molecular weight is 539 g/mol. The van der Waals surface area contributed by atoms with E-state index in [9.17, 15) is 0 Å². The number of nitrogens with one attached hydrogen (secondary N) is 1.